The van der Waals surface area contributed by atoms with E-state index >= 15 is 0 Å². The van der Waals surface area contributed by atoms with Crippen LogP contribution >= 0.6 is 11.3 Å². The molecule has 2 aromatic heterocycles. The molecule has 1 N–H and O–H groups in total. The van der Waals surface area contributed by atoms with Crippen molar-refractivity contribution in [2.45, 2.75) is 6.04 Å². The van der Waals surface area contributed by atoms with Crippen molar-refractivity contribution in [1.29, 1.82) is 5.26 Å². The maximum Gasteiger partial charge on any atom is 0.292 e. The number of halogens is 2. The third-order valence-electron chi connectivity index (χ3n) is 4.23. The molecule has 1 atom stereocenters. The lowest BCUT2D eigenvalue weighted by atomic mass is 10.1. The number of amides is 1. The van der Waals surface area contributed by atoms with E-state index in [1.54, 1.807) is 18.2 Å². The molecule has 6 nitrogen and oxygen atoms in total. The lowest BCUT2D eigenvalue weighted by molar-refractivity contribution is 0.0934. The van der Waals surface area contributed by atoms with Gasteiger partial charge in [-0.05, 0) is 35.7 Å². The zero-order chi connectivity index (χ0) is 21.1. The fourth-order valence-electron chi connectivity index (χ4n) is 2.85. The van der Waals surface area contributed by atoms with Crippen molar-refractivity contribution >= 4 is 17.2 Å². The molecular weight excluding hydrogens is 408 g/mol. The van der Waals surface area contributed by atoms with Crippen LogP contribution in [-0.2, 0) is 0 Å². The number of carbonyl (C=O) groups excluding carboxylic acids is 1. The largest absolute Gasteiger partial charge is 0.330 e. The van der Waals surface area contributed by atoms with Gasteiger partial charge >= 0.3 is 0 Å². The van der Waals surface area contributed by atoms with Crippen molar-refractivity contribution in [2.24, 2.45) is 0 Å². The minimum atomic E-state index is -1.22. The fourth-order valence-corrected chi connectivity index (χ4v) is 3.54. The van der Waals surface area contributed by atoms with Gasteiger partial charge in [-0.25, -0.2) is 18.4 Å². The molecule has 4 aromatic rings. The Hall–Kier alpha value is -3.90. The molecule has 1 unspecified atom stereocenters. The Kier molecular flexibility index (Phi) is 5.32. The van der Waals surface area contributed by atoms with E-state index in [1.165, 1.54) is 52.4 Å². The quantitative estimate of drug-likeness (QED) is 0.522. The van der Waals surface area contributed by atoms with Crippen molar-refractivity contribution in [3.63, 3.8) is 0 Å². The highest BCUT2D eigenvalue weighted by Gasteiger charge is 2.23. The van der Waals surface area contributed by atoms with Crippen LogP contribution in [0.15, 0.2) is 66.0 Å². The molecule has 2 heterocycles. The monoisotopic (exact) mass is 421 g/mol. The maximum atomic E-state index is 14.0. The molecule has 30 heavy (non-hydrogen) atoms. The van der Waals surface area contributed by atoms with Crippen LogP contribution in [0.3, 0.4) is 0 Å². The number of hydrogen-bond donors (Lipinski definition) is 1. The first-order chi connectivity index (χ1) is 14.6. The summed E-state index contributed by atoms with van der Waals surface area (Å²) in [7, 11) is 0. The van der Waals surface area contributed by atoms with Crippen LogP contribution in [-0.4, -0.2) is 20.7 Å². The van der Waals surface area contributed by atoms with Crippen LogP contribution < -0.4 is 5.32 Å². The smallest absolute Gasteiger partial charge is 0.292 e. The summed E-state index contributed by atoms with van der Waals surface area (Å²) in [5, 5.41) is 17.9. The highest BCUT2D eigenvalue weighted by atomic mass is 32.1. The number of nitrogens with zero attached hydrogens (tertiary/aromatic N) is 4. The number of thiophene rings is 1. The predicted octanol–water partition coefficient (Wildman–Crippen LogP) is 4.27. The molecule has 0 spiro atoms. The molecule has 0 bridgehead atoms. The van der Waals surface area contributed by atoms with Gasteiger partial charge in [0.15, 0.2) is 5.82 Å². The molecule has 0 aliphatic heterocycles. The molecule has 0 radical (unpaired) electrons. The fraction of sp³-hybridized carbons (Fsp3) is 0.0476. The molecule has 9 heteroatoms. The van der Waals surface area contributed by atoms with E-state index in [1.807, 2.05) is 17.5 Å². The van der Waals surface area contributed by atoms with Crippen molar-refractivity contribution < 1.29 is 13.6 Å². The van der Waals surface area contributed by atoms with Gasteiger partial charge in [-0.2, -0.15) is 5.26 Å². The summed E-state index contributed by atoms with van der Waals surface area (Å²) < 4.78 is 29.1. The highest BCUT2D eigenvalue weighted by Crippen LogP contribution is 2.26. The summed E-state index contributed by atoms with van der Waals surface area (Å²) >= 11 is 1.38. The number of aromatic nitrogens is 3. The number of carbonyl (C=O) groups is 1. The molecule has 0 fully saturated rings. The van der Waals surface area contributed by atoms with Crippen molar-refractivity contribution in [3.8, 4) is 22.5 Å². The summed E-state index contributed by atoms with van der Waals surface area (Å²) in [6.45, 7) is 0. The Morgan fingerprint density at radius 1 is 1.13 bits per heavy atom. The Bertz CT molecular complexity index is 1250. The Labute approximate surface area is 174 Å². The highest BCUT2D eigenvalue weighted by molar-refractivity contribution is 7.13. The third-order valence-corrected chi connectivity index (χ3v) is 5.09. The van der Waals surface area contributed by atoms with Gasteiger partial charge in [-0.3, -0.25) is 4.79 Å². The number of benzene rings is 2. The Morgan fingerprint density at radius 3 is 2.67 bits per heavy atom. The van der Waals surface area contributed by atoms with Gasteiger partial charge in [-0.15, -0.1) is 16.4 Å². The Morgan fingerprint density at radius 2 is 1.97 bits per heavy atom. The van der Waals surface area contributed by atoms with Gasteiger partial charge in [0.1, 0.15) is 17.7 Å². The van der Waals surface area contributed by atoms with Gasteiger partial charge in [0, 0.05) is 5.56 Å². The SMILES string of the molecule is N#CC(NC(=O)c1nc(-c2cccs2)n(-c2cccc(F)c2)n1)c1ccccc1F. The van der Waals surface area contributed by atoms with Gasteiger partial charge < -0.3 is 5.32 Å². The molecule has 0 saturated carbocycles. The van der Waals surface area contributed by atoms with E-state index in [9.17, 15) is 18.8 Å². The van der Waals surface area contributed by atoms with E-state index in [4.69, 9.17) is 0 Å². The van der Waals surface area contributed by atoms with Gasteiger partial charge in [0.05, 0.1) is 16.6 Å². The van der Waals surface area contributed by atoms with Gasteiger partial charge in [-0.1, -0.05) is 30.3 Å². The van der Waals surface area contributed by atoms with Crippen LogP contribution in [0.25, 0.3) is 16.4 Å². The normalized spacial score (nSPS) is 11.6. The number of nitriles is 1. The maximum absolute atomic E-state index is 14.0. The van der Waals surface area contributed by atoms with E-state index < -0.39 is 23.6 Å². The summed E-state index contributed by atoms with van der Waals surface area (Å²) in [6.07, 6.45) is 0. The molecule has 0 aliphatic rings. The van der Waals surface area contributed by atoms with Crippen molar-refractivity contribution in [1.82, 2.24) is 20.1 Å². The van der Waals surface area contributed by atoms with Gasteiger partial charge in [0.25, 0.3) is 5.91 Å². The first-order valence-corrected chi connectivity index (χ1v) is 9.66. The third kappa shape index (κ3) is 3.81. The second-order valence-corrected chi connectivity index (χ2v) is 7.13. The number of nitrogens with one attached hydrogen (secondary N) is 1. The zero-order valence-electron chi connectivity index (χ0n) is 15.3. The van der Waals surface area contributed by atoms with E-state index in [-0.39, 0.29) is 11.4 Å². The van der Waals surface area contributed by atoms with E-state index in [2.05, 4.69) is 15.4 Å². The van der Waals surface area contributed by atoms with Gasteiger partial charge in [0.2, 0.25) is 5.82 Å². The van der Waals surface area contributed by atoms with E-state index in [0.29, 0.717) is 11.5 Å². The molecule has 0 saturated heterocycles. The summed E-state index contributed by atoms with van der Waals surface area (Å²) in [5.41, 5.74) is 0.423. The van der Waals surface area contributed by atoms with Crippen LogP contribution in [0.4, 0.5) is 8.78 Å². The average molecular weight is 421 g/mol. The van der Waals surface area contributed by atoms with Crippen LogP contribution in [0, 0.1) is 23.0 Å². The van der Waals surface area contributed by atoms with Crippen molar-refractivity contribution in [2.75, 3.05) is 0 Å². The molecule has 148 valence electrons. The second kappa shape index (κ2) is 8.23. The van der Waals surface area contributed by atoms with Crippen LogP contribution in [0.5, 0.6) is 0 Å². The number of hydrogen-bond acceptors (Lipinski definition) is 5. The standard InChI is InChI=1S/C21H13F2N5OS/c22-13-5-3-6-14(11-13)28-20(18-9-4-10-30-18)26-19(27-28)21(29)25-17(12-24)15-7-1-2-8-16(15)23/h1-11,17H,(H,25,29). The first kappa shape index (κ1) is 19.4. The van der Waals surface area contributed by atoms with E-state index in [0.717, 1.165) is 4.88 Å². The van der Waals surface area contributed by atoms with Crippen LogP contribution in [0.1, 0.15) is 22.2 Å². The summed E-state index contributed by atoms with van der Waals surface area (Å²) in [5.74, 6) is -1.70. The number of rotatable bonds is 5. The Balaban J connectivity index is 1.71. The molecule has 4 rings (SSSR count). The van der Waals surface area contributed by atoms with Crippen molar-refractivity contribution in [3.05, 3.63) is 89.1 Å². The summed E-state index contributed by atoms with van der Waals surface area (Å²) in [6, 6.07) is 15.7. The minimum Gasteiger partial charge on any atom is -0.330 e. The first-order valence-electron chi connectivity index (χ1n) is 8.78. The van der Waals surface area contributed by atoms with Crippen LogP contribution in [0.2, 0.25) is 0 Å². The molecular formula is C21H13F2N5OS. The predicted molar refractivity (Wildman–Crippen MR) is 107 cm³/mol. The lowest BCUT2D eigenvalue weighted by Crippen LogP contribution is -2.29. The second-order valence-electron chi connectivity index (χ2n) is 6.19. The minimum absolute atomic E-state index is 0.0383. The summed E-state index contributed by atoms with van der Waals surface area (Å²) in [4.78, 5) is 17.7. The molecule has 1 amide bonds. The molecule has 2 aromatic carbocycles. The topological polar surface area (TPSA) is 83.6 Å². The zero-order valence-corrected chi connectivity index (χ0v) is 16.1. The average Bonchev–Trinajstić information content (AvgIpc) is 3.42. The molecule has 0 aliphatic carbocycles. The lowest BCUT2D eigenvalue weighted by Gasteiger charge is -2.11.